The van der Waals surface area contributed by atoms with Crippen molar-refractivity contribution >= 4 is 12.0 Å². The van der Waals surface area contributed by atoms with Gasteiger partial charge in [0.1, 0.15) is 5.75 Å². The second-order valence-corrected chi connectivity index (χ2v) is 5.65. The summed E-state index contributed by atoms with van der Waals surface area (Å²) in [5.41, 5.74) is -2.62. The first-order valence-corrected chi connectivity index (χ1v) is 7.91. The lowest BCUT2D eigenvalue weighted by Gasteiger charge is -2.32. The minimum Gasteiger partial charge on any atom is -0.496 e. The van der Waals surface area contributed by atoms with E-state index in [9.17, 15) is 18.3 Å². The van der Waals surface area contributed by atoms with E-state index in [1.165, 1.54) is 19.2 Å². The number of methoxy groups -OCH3 is 1. The van der Waals surface area contributed by atoms with Crippen LogP contribution in [0.25, 0.3) is 0 Å². The van der Waals surface area contributed by atoms with Gasteiger partial charge in [-0.25, -0.2) is 4.99 Å². The minimum atomic E-state index is -4.92. The van der Waals surface area contributed by atoms with E-state index in [0.717, 1.165) is 6.54 Å². The van der Waals surface area contributed by atoms with Crippen LogP contribution in [0, 0.1) is 6.92 Å². The Balaban J connectivity index is 3.43. The van der Waals surface area contributed by atoms with Crippen molar-refractivity contribution in [2.45, 2.75) is 32.5 Å². The molecule has 0 fully saturated rings. The molecule has 0 aliphatic carbocycles. The van der Waals surface area contributed by atoms with Crippen LogP contribution in [0.1, 0.15) is 25.0 Å². The second-order valence-electron chi connectivity index (χ2n) is 5.65. The molecule has 0 saturated carbocycles. The Bertz CT molecular complexity index is 606. The number of aliphatic imine (C=N–C) groups is 1. The molecule has 1 unspecified atom stereocenters. The molecule has 0 amide bonds. The molecule has 25 heavy (non-hydrogen) atoms. The molecule has 1 N–H and O–H groups in total. The highest BCUT2D eigenvalue weighted by Gasteiger charge is 2.56. The second kappa shape index (κ2) is 8.53. The summed E-state index contributed by atoms with van der Waals surface area (Å²) in [6.07, 6.45) is -3.34. The third-order valence-electron chi connectivity index (χ3n) is 3.84. The summed E-state index contributed by atoms with van der Waals surface area (Å²) >= 11 is 0. The average Bonchev–Trinajstić information content (AvgIpc) is 2.56. The van der Waals surface area contributed by atoms with Crippen molar-refractivity contribution in [1.82, 2.24) is 4.90 Å². The number of halogens is 3. The van der Waals surface area contributed by atoms with Crippen molar-refractivity contribution in [2.24, 2.45) is 4.99 Å². The molecule has 0 aliphatic rings. The average molecular weight is 362 g/mol. The van der Waals surface area contributed by atoms with Crippen LogP contribution >= 0.6 is 0 Å². The highest BCUT2D eigenvalue weighted by Crippen LogP contribution is 2.44. The van der Waals surface area contributed by atoms with E-state index in [1.807, 2.05) is 18.9 Å². The van der Waals surface area contributed by atoms with Gasteiger partial charge in [0.05, 0.1) is 25.7 Å². The Morgan fingerprint density at radius 2 is 1.92 bits per heavy atom. The Morgan fingerprint density at radius 3 is 2.40 bits per heavy atom. The van der Waals surface area contributed by atoms with E-state index < -0.39 is 23.9 Å². The molecule has 0 spiro atoms. The van der Waals surface area contributed by atoms with Gasteiger partial charge in [0.2, 0.25) is 5.60 Å². The summed E-state index contributed by atoms with van der Waals surface area (Å²) in [6.45, 7) is 5.00. The van der Waals surface area contributed by atoms with Crippen molar-refractivity contribution in [2.75, 3.05) is 33.9 Å². The summed E-state index contributed by atoms with van der Waals surface area (Å²) in [7, 11) is 3.08. The summed E-state index contributed by atoms with van der Waals surface area (Å²) in [6, 6.07) is 2.62. The normalized spacial score (nSPS) is 14.6. The largest absolute Gasteiger partial charge is 0.496 e. The first-order valence-electron chi connectivity index (χ1n) is 7.91. The maximum Gasteiger partial charge on any atom is 0.423 e. The van der Waals surface area contributed by atoms with Crippen molar-refractivity contribution < 1.29 is 27.8 Å². The number of alkyl halides is 3. The quantitative estimate of drug-likeness (QED) is 0.569. The lowest BCUT2D eigenvalue weighted by molar-refractivity contribution is -0.282. The van der Waals surface area contributed by atoms with Gasteiger partial charge in [-0.2, -0.15) is 13.2 Å². The lowest BCUT2D eigenvalue weighted by atomic mass is 9.91. The molecular weight excluding hydrogens is 337 g/mol. The Morgan fingerprint density at radius 1 is 1.28 bits per heavy atom. The summed E-state index contributed by atoms with van der Waals surface area (Å²) in [4.78, 5) is 6.08. The van der Waals surface area contributed by atoms with E-state index in [-0.39, 0.29) is 12.4 Å². The number of nitrogens with zero attached hydrogens (tertiary/aromatic N) is 2. The van der Waals surface area contributed by atoms with Gasteiger partial charge in [-0.15, -0.1) is 0 Å². The molecule has 1 aromatic rings. The fourth-order valence-electron chi connectivity index (χ4n) is 2.11. The molecule has 0 radical (unpaired) electrons. The fraction of sp³-hybridized carbons (Fsp3) is 0.588. The van der Waals surface area contributed by atoms with E-state index in [0.29, 0.717) is 11.3 Å². The smallest absolute Gasteiger partial charge is 0.423 e. The zero-order chi connectivity index (χ0) is 19.3. The van der Waals surface area contributed by atoms with Crippen LogP contribution in [0.3, 0.4) is 0 Å². The highest BCUT2D eigenvalue weighted by atomic mass is 19.4. The van der Waals surface area contributed by atoms with Gasteiger partial charge in [0.25, 0.3) is 0 Å². The SMILES string of the molecule is CCOCC(O)(c1cc(C)c(N=CN(C)CC)cc1OC)C(F)(F)F. The highest BCUT2D eigenvalue weighted by molar-refractivity contribution is 5.65. The molecule has 1 aromatic carbocycles. The van der Waals surface area contributed by atoms with Gasteiger partial charge in [0.15, 0.2) is 0 Å². The van der Waals surface area contributed by atoms with Crippen LogP contribution in [-0.4, -0.2) is 56.4 Å². The number of rotatable bonds is 8. The molecule has 8 heteroatoms. The monoisotopic (exact) mass is 362 g/mol. The zero-order valence-electron chi connectivity index (χ0n) is 15.1. The van der Waals surface area contributed by atoms with Crippen molar-refractivity contribution in [1.29, 1.82) is 0 Å². The van der Waals surface area contributed by atoms with Gasteiger partial charge in [0, 0.05) is 31.8 Å². The third-order valence-corrected chi connectivity index (χ3v) is 3.84. The van der Waals surface area contributed by atoms with Gasteiger partial charge in [-0.1, -0.05) is 0 Å². The zero-order valence-corrected chi connectivity index (χ0v) is 15.1. The van der Waals surface area contributed by atoms with Crippen LogP contribution in [0.2, 0.25) is 0 Å². The molecule has 5 nitrogen and oxygen atoms in total. The van der Waals surface area contributed by atoms with E-state index in [2.05, 4.69) is 4.99 Å². The molecule has 1 rings (SSSR count). The predicted octanol–water partition coefficient (Wildman–Crippen LogP) is 3.40. The van der Waals surface area contributed by atoms with Gasteiger partial charge in [-0.3, -0.25) is 0 Å². The number of hydrogen-bond donors (Lipinski definition) is 1. The first kappa shape index (κ1) is 21.2. The summed E-state index contributed by atoms with van der Waals surface area (Å²) < 4.78 is 50.6. The van der Waals surface area contributed by atoms with Crippen LogP contribution in [0.4, 0.5) is 18.9 Å². The van der Waals surface area contributed by atoms with Crippen LogP contribution in [0.5, 0.6) is 5.75 Å². The van der Waals surface area contributed by atoms with Crippen LogP contribution in [0.15, 0.2) is 17.1 Å². The van der Waals surface area contributed by atoms with E-state index in [1.54, 1.807) is 20.2 Å². The van der Waals surface area contributed by atoms with Crippen molar-refractivity contribution in [3.05, 3.63) is 23.3 Å². The van der Waals surface area contributed by atoms with Gasteiger partial charge < -0.3 is 19.5 Å². The first-order chi connectivity index (χ1) is 11.6. The van der Waals surface area contributed by atoms with Gasteiger partial charge in [-0.05, 0) is 32.4 Å². The van der Waals surface area contributed by atoms with Crippen molar-refractivity contribution in [3.63, 3.8) is 0 Å². The molecule has 1 atom stereocenters. The predicted molar refractivity (Wildman–Crippen MR) is 90.6 cm³/mol. The Labute approximate surface area is 146 Å². The van der Waals surface area contributed by atoms with E-state index in [4.69, 9.17) is 9.47 Å². The number of hydrogen-bond acceptors (Lipinski definition) is 4. The van der Waals surface area contributed by atoms with Crippen LogP contribution < -0.4 is 4.74 Å². The molecule has 0 aliphatic heterocycles. The Hall–Kier alpha value is -1.80. The maximum absolute atomic E-state index is 13.5. The topological polar surface area (TPSA) is 54.3 Å². The van der Waals surface area contributed by atoms with Crippen molar-refractivity contribution in [3.8, 4) is 5.75 Å². The summed E-state index contributed by atoms with van der Waals surface area (Å²) in [5, 5.41) is 10.4. The molecule has 0 saturated heterocycles. The summed E-state index contributed by atoms with van der Waals surface area (Å²) in [5.74, 6) is -0.101. The molecule has 142 valence electrons. The fourth-order valence-corrected chi connectivity index (χ4v) is 2.11. The number of benzene rings is 1. The number of ether oxygens (including phenoxy) is 2. The number of aryl methyl sites for hydroxylation is 1. The molecule has 0 bridgehead atoms. The minimum absolute atomic E-state index is 0.0470. The standard InChI is InChI=1S/C17H25F3N2O3/c1-6-22(4)11-21-14-9-15(24-5)13(8-12(14)3)16(23,10-25-7-2)17(18,19)20/h8-9,11,23H,6-7,10H2,1-5H3. The molecular formula is C17H25F3N2O3. The molecule has 0 aromatic heterocycles. The number of aliphatic hydroxyl groups is 1. The van der Waals surface area contributed by atoms with E-state index >= 15 is 0 Å². The molecule has 0 heterocycles. The Kier molecular flexibility index (Phi) is 7.25. The maximum atomic E-state index is 13.5. The van der Waals surface area contributed by atoms with Crippen LogP contribution in [-0.2, 0) is 10.3 Å². The third kappa shape index (κ3) is 4.85. The van der Waals surface area contributed by atoms with Gasteiger partial charge >= 0.3 is 6.18 Å². The lowest BCUT2D eigenvalue weighted by Crippen LogP contribution is -2.46.